The summed E-state index contributed by atoms with van der Waals surface area (Å²) in [6.45, 7) is 7.01. The summed E-state index contributed by atoms with van der Waals surface area (Å²) in [7, 11) is 0. The van der Waals surface area contributed by atoms with E-state index in [9.17, 15) is 0 Å². The molecule has 0 spiro atoms. The maximum Gasteiger partial charge on any atom is 0.255 e. The van der Waals surface area contributed by atoms with Crippen molar-refractivity contribution in [3.05, 3.63) is 0 Å². The molecule has 9 heavy (non-hydrogen) atoms. The average Bonchev–Trinajstić information content (AvgIpc) is 1.63. The second-order valence-corrected chi connectivity index (χ2v) is 7.11. The van der Waals surface area contributed by atoms with Crippen molar-refractivity contribution < 1.29 is 0 Å². The van der Waals surface area contributed by atoms with Crippen LogP contribution in [0.1, 0.15) is 20.8 Å². The van der Waals surface area contributed by atoms with Gasteiger partial charge in [-0.15, -0.1) is 11.6 Å². The first-order chi connectivity index (χ1) is 4.04. The lowest BCUT2D eigenvalue weighted by Crippen LogP contribution is -2.11. The quantitative estimate of drug-likeness (QED) is 0.531. The average molecular weight is 142 g/mol. The van der Waals surface area contributed by atoms with Gasteiger partial charge in [0.2, 0.25) is 0 Å². The smallest absolute Gasteiger partial charge is 0.106 e. The van der Waals surface area contributed by atoms with Crippen molar-refractivity contribution in [1.82, 2.24) is 0 Å². The summed E-state index contributed by atoms with van der Waals surface area (Å²) in [5.41, 5.74) is 0. The van der Waals surface area contributed by atoms with Gasteiger partial charge in [0.05, 0.1) is 0 Å². The van der Waals surface area contributed by atoms with Crippen molar-refractivity contribution in [2.24, 2.45) is 11.8 Å². The van der Waals surface area contributed by atoms with Crippen molar-refractivity contribution in [1.29, 1.82) is 0 Å². The molecule has 0 nitrogen and oxygen atoms in total. The van der Waals surface area contributed by atoms with E-state index in [2.05, 4.69) is 32.3 Å². The van der Waals surface area contributed by atoms with Crippen molar-refractivity contribution in [3.8, 4) is 0 Å². The molecule has 0 aromatic carbocycles. The maximum absolute atomic E-state index is 2.43. The summed E-state index contributed by atoms with van der Waals surface area (Å²) in [6.07, 6.45) is 0. The summed E-state index contributed by atoms with van der Waals surface area (Å²) < 4.78 is 0. The SMILES string of the molecule is CC(C)C(C)[CH2][Al]([CH3])[CH3]. The molecule has 0 amide bonds. The van der Waals surface area contributed by atoms with E-state index in [0.29, 0.717) is 0 Å². The van der Waals surface area contributed by atoms with Crippen LogP contribution in [0.5, 0.6) is 0 Å². The predicted molar refractivity (Wildman–Crippen MR) is 46.3 cm³/mol. The van der Waals surface area contributed by atoms with Crippen LogP contribution in [0.3, 0.4) is 0 Å². The third kappa shape index (κ3) is 5.00. The Hall–Kier alpha value is 0.532. The summed E-state index contributed by atoms with van der Waals surface area (Å²) in [6, 6.07) is 0. The Balaban J connectivity index is 3.38. The molecule has 0 heterocycles. The van der Waals surface area contributed by atoms with Gasteiger partial charge in [0.1, 0.15) is 0 Å². The first-order valence-corrected chi connectivity index (χ1v) is 7.16. The van der Waals surface area contributed by atoms with Crippen LogP contribution in [0.2, 0.25) is 16.9 Å². The lowest BCUT2D eigenvalue weighted by Gasteiger charge is -2.15. The van der Waals surface area contributed by atoms with Crippen LogP contribution in [-0.4, -0.2) is 14.1 Å². The standard InChI is InChI=1S/C6H13.2CH3.Al/c1-5(2)6(3)4;;;/h5-6H,1H2,2-4H3;2*1H3;. The van der Waals surface area contributed by atoms with E-state index in [4.69, 9.17) is 0 Å². The summed E-state index contributed by atoms with van der Waals surface area (Å²) in [5, 5.41) is 1.51. The third-order valence-corrected chi connectivity index (χ3v) is 3.67. The van der Waals surface area contributed by atoms with Gasteiger partial charge in [-0.2, -0.15) is 0 Å². The van der Waals surface area contributed by atoms with Crippen LogP contribution in [0.25, 0.3) is 0 Å². The Morgan fingerprint density at radius 3 is 1.67 bits per heavy atom. The van der Waals surface area contributed by atoms with Crippen LogP contribution >= 0.6 is 0 Å². The zero-order chi connectivity index (χ0) is 7.44. The van der Waals surface area contributed by atoms with E-state index < -0.39 is 0 Å². The second-order valence-electron chi connectivity index (χ2n) is 3.85. The molecular formula is C8H19Al. The zero-order valence-corrected chi connectivity index (χ0v) is 8.59. The van der Waals surface area contributed by atoms with Gasteiger partial charge in [0, 0.05) is 0 Å². The van der Waals surface area contributed by atoms with E-state index in [1.54, 1.807) is 0 Å². The van der Waals surface area contributed by atoms with Crippen molar-refractivity contribution in [2.75, 3.05) is 0 Å². The molecule has 0 aliphatic carbocycles. The highest BCUT2D eigenvalue weighted by molar-refractivity contribution is 6.55. The van der Waals surface area contributed by atoms with Crippen LogP contribution < -0.4 is 0 Å². The van der Waals surface area contributed by atoms with Crippen LogP contribution in [-0.2, 0) is 0 Å². The molecule has 0 N–H and O–H groups in total. The monoisotopic (exact) mass is 142 g/mol. The molecular weight excluding hydrogens is 123 g/mol. The minimum atomic E-state index is -0.285. The highest BCUT2D eigenvalue weighted by atomic mass is 27.2. The van der Waals surface area contributed by atoms with Gasteiger partial charge in [0.25, 0.3) is 14.1 Å². The predicted octanol–water partition coefficient (Wildman–Crippen LogP) is 3.03. The number of rotatable bonds is 3. The molecule has 0 aliphatic rings. The molecule has 0 bridgehead atoms. The minimum Gasteiger partial charge on any atom is -0.106 e. The lowest BCUT2D eigenvalue weighted by atomic mass is 10.0. The first kappa shape index (κ1) is 9.53. The van der Waals surface area contributed by atoms with Crippen molar-refractivity contribution in [2.45, 2.75) is 37.6 Å². The number of hydrogen-bond acceptors (Lipinski definition) is 0. The second kappa shape index (κ2) is 4.36. The third-order valence-electron chi connectivity index (χ3n) is 1.98. The molecule has 0 aromatic heterocycles. The van der Waals surface area contributed by atoms with Crippen molar-refractivity contribution >= 4 is 14.1 Å². The first-order valence-electron chi connectivity index (χ1n) is 4.04. The lowest BCUT2D eigenvalue weighted by molar-refractivity contribution is 0.454. The summed E-state index contributed by atoms with van der Waals surface area (Å²) in [4.78, 5) is 0. The molecule has 0 aliphatic heterocycles. The van der Waals surface area contributed by atoms with Crippen LogP contribution in [0, 0.1) is 11.8 Å². The van der Waals surface area contributed by atoms with Gasteiger partial charge >= 0.3 is 0 Å². The Morgan fingerprint density at radius 2 is 1.56 bits per heavy atom. The number of hydrogen-bond donors (Lipinski definition) is 0. The topological polar surface area (TPSA) is 0 Å². The largest absolute Gasteiger partial charge is 0.255 e. The Bertz CT molecular complexity index is 67.0. The Labute approximate surface area is 64.0 Å². The van der Waals surface area contributed by atoms with Crippen LogP contribution in [0.15, 0.2) is 0 Å². The Morgan fingerprint density at radius 1 is 1.11 bits per heavy atom. The van der Waals surface area contributed by atoms with E-state index in [0.717, 1.165) is 11.8 Å². The fourth-order valence-electron chi connectivity index (χ4n) is 1.02. The molecule has 0 saturated heterocycles. The minimum absolute atomic E-state index is 0.285. The molecule has 1 heteroatoms. The van der Waals surface area contributed by atoms with E-state index in [-0.39, 0.29) is 14.1 Å². The van der Waals surface area contributed by atoms with E-state index >= 15 is 0 Å². The zero-order valence-electron chi connectivity index (χ0n) is 7.44. The summed E-state index contributed by atoms with van der Waals surface area (Å²) in [5.74, 6) is 6.70. The molecule has 0 radical (unpaired) electrons. The fourth-order valence-corrected chi connectivity index (χ4v) is 3.05. The summed E-state index contributed by atoms with van der Waals surface area (Å²) >= 11 is -0.285. The highest BCUT2D eigenvalue weighted by Crippen LogP contribution is 2.16. The normalized spacial score (nSPS) is 14.0. The molecule has 0 saturated carbocycles. The van der Waals surface area contributed by atoms with Gasteiger partial charge in [-0.05, 0) is 5.92 Å². The van der Waals surface area contributed by atoms with Gasteiger partial charge in [0.15, 0.2) is 0 Å². The van der Waals surface area contributed by atoms with E-state index in [1.165, 1.54) is 5.28 Å². The molecule has 1 atom stereocenters. The Kier molecular flexibility index (Phi) is 4.62. The van der Waals surface area contributed by atoms with E-state index in [1.807, 2.05) is 0 Å². The van der Waals surface area contributed by atoms with Gasteiger partial charge in [-0.3, -0.25) is 0 Å². The fraction of sp³-hybridized carbons (Fsp3) is 1.00. The highest BCUT2D eigenvalue weighted by Gasteiger charge is 2.11. The van der Waals surface area contributed by atoms with Crippen molar-refractivity contribution in [3.63, 3.8) is 0 Å². The molecule has 1 unspecified atom stereocenters. The molecule has 0 aromatic rings. The van der Waals surface area contributed by atoms with Crippen LogP contribution in [0.4, 0.5) is 0 Å². The van der Waals surface area contributed by atoms with Gasteiger partial charge in [-0.1, -0.05) is 32.0 Å². The van der Waals surface area contributed by atoms with Gasteiger partial charge < -0.3 is 0 Å². The van der Waals surface area contributed by atoms with Gasteiger partial charge in [-0.25, -0.2) is 0 Å². The maximum atomic E-state index is 2.43. The molecule has 54 valence electrons. The molecule has 0 fully saturated rings. The molecule has 0 rings (SSSR count).